The van der Waals surface area contributed by atoms with E-state index < -0.39 is 5.41 Å². The Morgan fingerprint density at radius 1 is 1.00 bits per heavy atom. The van der Waals surface area contributed by atoms with Gasteiger partial charge >= 0.3 is 0 Å². The molecule has 0 saturated heterocycles. The lowest BCUT2D eigenvalue weighted by Crippen LogP contribution is -2.27. The maximum Gasteiger partial charge on any atom is 0.229 e. The Morgan fingerprint density at radius 3 is 2.34 bits per heavy atom. The molecule has 0 bridgehead atoms. The molecule has 5 nitrogen and oxygen atoms in total. The summed E-state index contributed by atoms with van der Waals surface area (Å²) in [7, 11) is 0. The van der Waals surface area contributed by atoms with E-state index >= 15 is 0 Å². The van der Waals surface area contributed by atoms with Gasteiger partial charge in [-0.25, -0.2) is 4.98 Å². The molecule has 6 heteroatoms. The van der Waals surface area contributed by atoms with Crippen LogP contribution in [0.1, 0.15) is 31.3 Å². The first-order valence-electron chi connectivity index (χ1n) is 9.48. The van der Waals surface area contributed by atoms with Crippen molar-refractivity contribution in [2.24, 2.45) is 5.41 Å². The Kier molecular flexibility index (Phi) is 6.44. The minimum Gasteiger partial charge on any atom is -0.352 e. The summed E-state index contributed by atoms with van der Waals surface area (Å²) in [5.74, 6) is -0.0716. The zero-order chi connectivity index (χ0) is 20.9. The van der Waals surface area contributed by atoms with Gasteiger partial charge in [0.15, 0.2) is 0 Å². The van der Waals surface area contributed by atoms with Crippen molar-refractivity contribution < 1.29 is 9.59 Å². The van der Waals surface area contributed by atoms with Crippen LogP contribution in [0.15, 0.2) is 60.0 Å². The Labute approximate surface area is 175 Å². The monoisotopic (exact) mass is 407 g/mol. The van der Waals surface area contributed by atoms with Crippen molar-refractivity contribution in [1.82, 2.24) is 10.3 Å². The molecule has 0 fully saturated rings. The predicted molar refractivity (Wildman–Crippen MR) is 118 cm³/mol. The van der Waals surface area contributed by atoms with Crippen LogP contribution in [0.2, 0.25) is 0 Å². The van der Waals surface area contributed by atoms with Crippen LogP contribution in [-0.4, -0.2) is 16.8 Å². The first-order valence-corrected chi connectivity index (χ1v) is 10.4. The zero-order valence-electron chi connectivity index (χ0n) is 16.9. The van der Waals surface area contributed by atoms with Crippen molar-refractivity contribution in [2.45, 2.75) is 33.7 Å². The number of carbonyl (C=O) groups excluding carboxylic acids is 2. The van der Waals surface area contributed by atoms with Crippen LogP contribution in [0.5, 0.6) is 0 Å². The van der Waals surface area contributed by atoms with Gasteiger partial charge in [0.1, 0.15) is 5.01 Å². The van der Waals surface area contributed by atoms with Gasteiger partial charge in [-0.2, -0.15) is 0 Å². The van der Waals surface area contributed by atoms with Crippen LogP contribution in [0.4, 0.5) is 5.69 Å². The number of carbonyl (C=O) groups is 2. The summed E-state index contributed by atoms with van der Waals surface area (Å²) < 4.78 is 0. The second-order valence-corrected chi connectivity index (χ2v) is 8.79. The van der Waals surface area contributed by atoms with Gasteiger partial charge in [-0.3, -0.25) is 9.59 Å². The molecule has 1 aromatic heterocycles. The van der Waals surface area contributed by atoms with Gasteiger partial charge in [0.2, 0.25) is 11.8 Å². The van der Waals surface area contributed by atoms with Gasteiger partial charge < -0.3 is 10.6 Å². The molecule has 0 atom stereocenters. The van der Waals surface area contributed by atoms with Gasteiger partial charge in [0, 0.05) is 28.6 Å². The fourth-order valence-electron chi connectivity index (χ4n) is 2.56. The molecule has 29 heavy (non-hydrogen) atoms. The Hall–Kier alpha value is -2.99. The number of hydrogen-bond acceptors (Lipinski definition) is 4. The van der Waals surface area contributed by atoms with Gasteiger partial charge in [0.25, 0.3) is 0 Å². The van der Waals surface area contributed by atoms with Crippen molar-refractivity contribution in [1.29, 1.82) is 0 Å². The van der Waals surface area contributed by atoms with Gasteiger partial charge in [-0.1, -0.05) is 63.2 Å². The summed E-state index contributed by atoms with van der Waals surface area (Å²) in [6.07, 6.45) is 0.261. The fraction of sp³-hybridized carbons (Fsp3) is 0.261. The molecule has 3 rings (SSSR count). The lowest BCUT2D eigenvalue weighted by Gasteiger charge is -2.17. The van der Waals surface area contributed by atoms with Crippen LogP contribution in [0.25, 0.3) is 11.3 Å². The van der Waals surface area contributed by atoms with E-state index in [-0.39, 0.29) is 18.2 Å². The summed E-state index contributed by atoms with van der Waals surface area (Å²) in [4.78, 5) is 28.8. The van der Waals surface area contributed by atoms with Crippen LogP contribution in [0.3, 0.4) is 0 Å². The van der Waals surface area contributed by atoms with E-state index in [9.17, 15) is 9.59 Å². The number of nitrogens with one attached hydrogen (secondary N) is 2. The minimum atomic E-state index is -0.441. The molecule has 150 valence electrons. The number of anilines is 1. The molecular weight excluding hydrogens is 382 g/mol. The summed E-state index contributed by atoms with van der Waals surface area (Å²) >= 11 is 1.47. The maximum atomic E-state index is 12.2. The minimum absolute atomic E-state index is 0.0253. The number of nitrogens with zero attached hydrogens (tertiary/aromatic N) is 1. The first kappa shape index (κ1) is 20.7. The molecule has 2 amide bonds. The fourth-order valence-corrected chi connectivity index (χ4v) is 3.37. The second-order valence-electron chi connectivity index (χ2n) is 7.85. The third-order valence-corrected chi connectivity index (χ3v) is 5.16. The normalized spacial score (nSPS) is 11.1. The van der Waals surface area contributed by atoms with Crippen molar-refractivity contribution >= 4 is 28.8 Å². The van der Waals surface area contributed by atoms with E-state index in [1.807, 2.05) is 80.7 Å². The molecule has 2 N–H and O–H groups in total. The quantitative estimate of drug-likeness (QED) is 0.625. The standard InChI is InChI=1S/C23H25N3O2S/c1-23(2,3)22(28)25-18-11-9-17(10-12-18)19-15-29-21(26-19)13-20(27)24-14-16-7-5-4-6-8-16/h4-12,15H,13-14H2,1-3H3,(H,24,27)(H,25,28). The lowest BCUT2D eigenvalue weighted by atomic mass is 9.95. The number of thiazole rings is 1. The summed E-state index contributed by atoms with van der Waals surface area (Å²) in [5, 5.41) is 8.55. The van der Waals surface area contributed by atoms with Gasteiger partial charge in [-0.15, -0.1) is 11.3 Å². The van der Waals surface area contributed by atoms with Crippen LogP contribution in [-0.2, 0) is 22.6 Å². The molecule has 0 saturated carbocycles. The smallest absolute Gasteiger partial charge is 0.229 e. The highest BCUT2D eigenvalue weighted by molar-refractivity contribution is 7.10. The lowest BCUT2D eigenvalue weighted by molar-refractivity contribution is -0.123. The largest absolute Gasteiger partial charge is 0.352 e. The van der Waals surface area contributed by atoms with E-state index in [0.717, 1.165) is 27.5 Å². The molecule has 3 aromatic rings. The van der Waals surface area contributed by atoms with Gasteiger partial charge in [-0.05, 0) is 17.7 Å². The molecule has 0 aliphatic rings. The van der Waals surface area contributed by atoms with Crippen molar-refractivity contribution in [3.63, 3.8) is 0 Å². The number of rotatable bonds is 6. The zero-order valence-corrected chi connectivity index (χ0v) is 17.7. The second kappa shape index (κ2) is 9.01. The van der Waals surface area contributed by atoms with Crippen molar-refractivity contribution in [3.05, 3.63) is 70.5 Å². The number of aromatic nitrogens is 1. The number of amides is 2. The van der Waals surface area contributed by atoms with E-state index in [1.54, 1.807) is 0 Å². The first-order chi connectivity index (χ1) is 13.8. The van der Waals surface area contributed by atoms with E-state index in [2.05, 4.69) is 15.6 Å². The van der Waals surface area contributed by atoms with Crippen LogP contribution < -0.4 is 10.6 Å². The Bertz CT molecular complexity index is 973. The van der Waals surface area contributed by atoms with E-state index in [4.69, 9.17) is 0 Å². The predicted octanol–water partition coefficient (Wildman–Crippen LogP) is 4.65. The highest BCUT2D eigenvalue weighted by Gasteiger charge is 2.21. The van der Waals surface area contributed by atoms with E-state index in [0.29, 0.717) is 6.54 Å². The average Bonchev–Trinajstić information content (AvgIpc) is 3.15. The molecule has 2 aromatic carbocycles. The third-order valence-electron chi connectivity index (χ3n) is 4.32. The number of benzene rings is 2. The molecule has 0 aliphatic heterocycles. The van der Waals surface area contributed by atoms with Crippen molar-refractivity contribution in [3.8, 4) is 11.3 Å². The molecule has 1 heterocycles. The van der Waals surface area contributed by atoms with Crippen LogP contribution >= 0.6 is 11.3 Å². The van der Waals surface area contributed by atoms with Crippen molar-refractivity contribution in [2.75, 3.05) is 5.32 Å². The summed E-state index contributed by atoms with van der Waals surface area (Å²) in [6.45, 7) is 6.15. The summed E-state index contributed by atoms with van der Waals surface area (Å²) in [6, 6.07) is 17.4. The molecule has 0 radical (unpaired) electrons. The maximum absolute atomic E-state index is 12.2. The highest BCUT2D eigenvalue weighted by Crippen LogP contribution is 2.25. The number of hydrogen-bond donors (Lipinski definition) is 2. The molecule has 0 spiro atoms. The molecule has 0 aliphatic carbocycles. The average molecular weight is 408 g/mol. The SMILES string of the molecule is CC(C)(C)C(=O)Nc1ccc(-c2csc(CC(=O)NCc3ccccc3)n2)cc1. The van der Waals surface area contributed by atoms with E-state index in [1.165, 1.54) is 11.3 Å². The molecular formula is C23H25N3O2S. The van der Waals surface area contributed by atoms with Crippen LogP contribution in [0, 0.1) is 5.41 Å². The molecule has 0 unspecified atom stereocenters. The summed E-state index contributed by atoms with van der Waals surface area (Å²) in [5.41, 5.74) is 3.16. The Morgan fingerprint density at radius 2 is 1.69 bits per heavy atom. The third kappa shape index (κ3) is 5.99. The highest BCUT2D eigenvalue weighted by atomic mass is 32.1. The topological polar surface area (TPSA) is 71.1 Å². The van der Waals surface area contributed by atoms with Gasteiger partial charge in [0.05, 0.1) is 12.1 Å². The Balaban J connectivity index is 1.56.